The predicted molar refractivity (Wildman–Crippen MR) is 147 cm³/mol. The van der Waals surface area contributed by atoms with Gasteiger partial charge in [-0.2, -0.15) is 0 Å². The van der Waals surface area contributed by atoms with Crippen molar-refractivity contribution in [2.24, 2.45) is 11.8 Å². The molecule has 0 bridgehead atoms. The van der Waals surface area contributed by atoms with Gasteiger partial charge in [0, 0.05) is 41.9 Å². The summed E-state index contributed by atoms with van der Waals surface area (Å²) < 4.78 is 13.2. The number of Topliss-reactive ketones (excluding diaryl/α,β-unsaturated/α-hetero) is 1. The number of benzene rings is 2. The monoisotopic (exact) mass is 521 g/mol. The topological polar surface area (TPSA) is 72.9 Å². The zero-order valence-electron chi connectivity index (χ0n) is 22.2. The van der Waals surface area contributed by atoms with E-state index in [4.69, 9.17) is 0 Å². The molecule has 204 valence electrons. The summed E-state index contributed by atoms with van der Waals surface area (Å²) in [6, 6.07) is 13.9. The van der Waals surface area contributed by atoms with Crippen LogP contribution in [0.5, 0.6) is 0 Å². The third kappa shape index (κ3) is 6.80. The SMILES string of the molecule is O=C(NC1CCC(CCN2CCC(C(=O)c3ccc(F)cc3)CC2)CC1)c1ccc(N2CCC(O)C2)cc1. The zero-order chi connectivity index (χ0) is 26.5. The molecule has 0 aromatic heterocycles. The first-order valence-corrected chi connectivity index (χ1v) is 14.3. The van der Waals surface area contributed by atoms with Gasteiger partial charge in [0.2, 0.25) is 0 Å². The Labute approximate surface area is 225 Å². The predicted octanol–water partition coefficient (Wildman–Crippen LogP) is 4.67. The molecule has 3 fully saturated rings. The minimum Gasteiger partial charge on any atom is -0.391 e. The van der Waals surface area contributed by atoms with Crippen LogP contribution in [0.25, 0.3) is 0 Å². The lowest BCUT2D eigenvalue weighted by atomic mass is 9.83. The number of nitrogens with zero attached hydrogens (tertiary/aromatic N) is 2. The van der Waals surface area contributed by atoms with E-state index in [1.165, 1.54) is 18.6 Å². The third-order valence-corrected chi connectivity index (χ3v) is 8.78. The number of piperidine rings is 1. The van der Waals surface area contributed by atoms with E-state index in [2.05, 4.69) is 15.1 Å². The van der Waals surface area contributed by atoms with Crippen LogP contribution in [0, 0.1) is 17.7 Å². The lowest BCUT2D eigenvalue weighted by Gasteiger charge is -2.34. The summed E-state index contributed by atoms with van der Waals surface area (Å²) in [7, 11) is 0. The molecule has 6 nitrogen and oxygen atoms in total. The molecule has 2 aliphatic heterocycles. The molecule has 2 aromatic carbocycles. The van der Waals surface area contributed by atoms with Gasteiger partial charge in [0.1, 0.15) is 5.82 Å². The minimum atomic E-state index is -0.307. The molecule has 2 saturated heterocycles. The Hall–Kier alpha value is -2.77. The van der Waals surface area contributed by atoms with Crippen LogP contribution in [0.2, 0.25) is 0 Å². The van der Waals surface area contributed by atoms with Crippen molar-refractivity contribution in [1.82, 2.24) is 10.2 Å². The van der Waals surface area contributed by atoms with Gasteiger partial charge in [-0.25, -0.2) is 4.39 Å². The number of nitrogens with one attached hydrogen (secondary N) is 1. The molecule has 2 aromatic rings. The highest BCUT2D eigenvalue weighted by atomic mass is 19.1. The first-order chi connectivity index (χ1) is 18.4. The van der Waals surface area contributed by atoms with E-state index in [0.29, 0.717) is 23.6 Å². The molecule has 2 N–H and O–H groups in total. The van der Waals surface area contributed by atoms with Crippen molar-refractivity contribution >= 4 is 17.4 Å². The summed E-state index contributed by atoms with van der Waals surface area (Å²) in [6.45, 7) is 4.47. The third-order valence-electron chi connectivity index (χ3n) is 8.78. The summed E-state index contributed by atoms with van der Waals surface area (Å²) in [6.07, 6.45) is 7.77. The highest BCUT2D eigenvalue weighted by Gasteiger charge is 2.28. The number of aliphatic hydroxyl groups is 1. The van der Waals surface area contributed by atoms with Gasteiger partial charge in [-0.3, -0.25) is 9.59 Å². The van der Waals surface area contributed by atoms with Crippen molar-refractivity contribution in [1.29, 1.82) is 0 Å². The molecule has 1 unspecified atom stereocenters. The molecular weight excluding hydrogens is 481 g/mol. The fourth-order valence-electron chi connectivity index (χ4n) is 6.30. The van der Waals surface area contributed by atoms with Crippen LogP contribution < -0.4 is 10.2 Å². The maximum absolute atomic E-state index is 13.2. The first-order valence-electron chi connectivity index (χ1n) is 14.3. The Bertz CT molecular complexity index is 1070. The van der Waals surface area contributed by atoms with Crippen LogP contribution in [0.3, 0.4) is 0 Å². The standard InChI is InChI=1S/C31H40FN3O3/c32-26-7-3-23(4-8-26)30(37)24-14-18-34(19-15-24)17-13-22-1-9-27(10-2-22)33-31(38)25-5-11-28(12-6-25)35-20-16-29(36)21-35/h3-8,11-12,22,24,27,29,36H,1-2,9-10,13-21H2,(H,33,38). The number of carbonyl (C=O) groups excluding carboxylic acids is 2. The van der Waals surface area contributed by atoms with E-state index in [0.717, 1.165) is 76.8 Å². The van der Waals surface area contributed by atoms with E-state index < -0.39 is 0 Å². The van der Waals surface area contributed by atoms with Crippen LogP contribution in [-0.4, -0.2) is 66.6 Å². The fourth-order valence-corrected chi connectivity index (χ4v) is 6.30. The molecule has 1 amide bonds. The Morgan fingerprint density at radius 3 is 2.13 bits per heavy atom. The van der Waals surface area contributed by atoms with Crippen molar-refractivity contribution in [3.05, 3.63) is 65.5 Å². The highest BCUT2D eigenvalue weighted by molar-refractivity contribution is 5.97. The largest absolute Gasteiger partial charge is 0.391 e. The van der Waals surface area contributed by atoms with Gasteiger partial charge in [-0.15, -0.1) is 0 Å². The van der Waals surface area contributed by atoms with Gasteiger partial charge in [0.05, 0.1) is 6.10 Å². The molecule has 3 aliphatic rings. The van der Waals surface area contributed by atoms with Gasteiger partial charge < -0.3 is 20.2 Å². The van der Waals surface area contributed by atoms with Crippen molar-refractivity contribution in [2.45, 2.75) is 63.5 Å². The van der Waals surface area contributed by atoms with Gasteiger partial charge in [-0.1, -0.05) is 0 Å². The van der Waals surface area contributed by atoms with Gasteiger partial charge in [-0.05, 0) is 125 Å². The van der Waals surface area contributed by atoms with E-state index in [1.807, 2.05) is 24.3 Å². The van der Waals surface area contributed by atoms with E-state index in [1.54, 1.807) is 12.1 Å². The highest BCUT2D eigenvalue weighted by Crippen LogP contribution is 2.29. The number of hydrogen-bond donors (Lipinski definition) is 2. The van der Waals surface area contributed by atoms with E-state index in [9.17, 15) is 19.1 Å². The second kappa shape index (κ2) is 12.4. The Balaban J connectivity index is 0.987. The Morgan fingerprint density at radius 2 is 1.50 bits per heavy atom. The number of amides is 1. The number of rotatable bonds is 8. The molecule has 2 heterocycles. The summed E-state index contributed by atoms with van der Waals surface area (Å²) >= 11 is 0. The van der Waals surface area contributed by atoms with Crippen molar-refractivity contribution in [2.75, 3.05) is 37.6 Å². The minimum absolute atomic E-state index is 0.000452. The van der Waals surface area contributed by atoms with Gasteiger partial charge in [0.15, 0.2) is 5.78 Å². The molecule has 7 heteroatoms. The quantitative estimate of drug-likeness (QED) is 0.494. The molecule has 0 spiro atoms. The van der Waals surface area contributed by atoms with Gasteiger partial charge in [0.25, 0.3) is 5.91 Å². The molecule has 1 atom stereocenters. The number of halogens is 1. The Kier molecular flexibility index (Phi) is 8.75. The maximum atomic E-state index is 13.2. The van der Waals surface area contributed by atoms with Crippen molar-refractivity contribution in [3.8, 4) is 0 Å². The smallest absolute Gasteiger partial charge is 0.251 e. The molecule has 1 aliphatic carbocycles. The lowest BCUT2D eigenvalue weighted by Crippen LogP contribution is -2.39. The number of carbonyl (C=O) groups is 2. The molecule has 1 saturated carbocycles. The molecule has 0 radical (unpaired) electrons. The van der Waals surface area contributed by atoms with Crippen LogP contribution in [0.15, 0.2) is 48.5 Å². The molecule has 38 heavy (non-hydrogen) atoms. The first kappa shape index (κ1) is 26.8. The lowest BCUT2D eigenvalue weighted by molar-refractivity contribution is 0.0832. The van der Waals surface area contributed by atoms with Crippen molar-refractivity contribution in [3.63, 3.8) is 0 Å². The summed E-state index contributed by atoms with van der Waals surface area (Å²) in [5.41, 5.74) is 2.37. The van der Waals surface area contributed by atoms with Crippen molar-refractivity contribution < 1.29 is 19.1 Å². The number of aliphatic hydroxyl groups excluding tert-OH is 1. The summed E-state index contributed by atoms with van der Waals surface area (Å²) in [4.78, 5) is 30.1. The normalized spacial score (nSPS) is 24.9. The fraction of sp³-hybridized carbons (Fsp3) is 0.548. The maximum Gasteiger partial charge on any atom is 0.251 e. The molecular formula is C31H40FN3O3. The molecule has 5 rings (SSSR count). The number of β-amino-alcohol motifs (C(OH)–C–C–N with tert-alkyl or cyclic N) is 1. The number of ketones is 1. The number of likely N-dealkylation sites (tertiary alicyclic amines) is 1. The van der Waals surface area contributed by atoms with Gasteiger partial charge >= 0.3 is 0 Å². The number of hydrogen-bond acceptors (Lipinski definition) is 5. The average Bonchev–Trinajstić information content (AvgIpc) is 3.39. The average molecular weight is 522 g/mol. The van der Waals surface area contributed by atoms with E-state index >= 15 is 0 Å². The zero-order valence-corrected chi connectivity index (χ0v) is 22.2. The second-order valence-electron chi connectivity index (χ2n) is 11.4. The summed E-state index contributed by atoms with van der Waals surface area (Å²) in [5.74, 6) is 0.571. The van der Waals surface area contributed by atoms with Crippen LogP contribution in [0.4, 0.5) is 10.1 Å². The Morgan fingerprint density at radius 1 is 0.842 bits per heavy atom. The van der Waals surface area contributed by atoms with E-state index in [-0.39, 0.29) is 35.6 Å². The number of anilines is 1. The second-order valence-corrected chi connectivity index (χ2v) is 11.4. The van der Waals surface area contributed by atoms with Crippen LogP contribution in [-0.2, 0) is 0 Å². The summed E-state index contributed by atoms with van der Waals surface area (Å²) in [5, 5.41) is 13.0. The van der Waals surface area contributed by atoms with Crippen LogP contribution >= 0.6 is 0 Å². The van der Waals surface area contributed by atoms with Crippen LogP contribution in [0.1, 0.15) is 72.1 Å².